The van der Waals surface area contributed by atoms with E-state index in [9.17, 15) is 0 Å². The summed E-state index contributed by atoms with van der Waals surface area (Å²) in [6, 6.07) is 0. The number of unbranched alkanes of at least 4 members (excludes halogenated alkanes) is 2. The van der Waals surface area contributed by atoms with Crippen molar-refractivity contribution in [3.05, 3.63) is 0 Å². The molecule has 0 saturated carbocycles. The molecule has 0 N–H and O–H groups in total. The molecule has 0 aliphatic rings. The average Bonchev–Trinajstić information content (AvgIpc) is 2.31. The molecule has 0 aliphatic carbocycles. The van der Waals surface area contributed by atoms with Gasteiger partial charge >= 0.3 is 0 Å². The van der Waals surface area contributed by atoms with E-state index in [1.54, 1.807) is 0 Å². The number of ether oxygens (including phenoxy) is 1. The second-order valence-electron chi connectivity index (χ2n) is 7.40. The molecular weight excluding hydrogens is 232 g/mol. The van der Waals surface area contributed by atoms with Gasteiger partial charge in [0.25, 0.3) is 0 Å². The zero-order valence-electron chi connectivity index (χ0n) is 14.8. The highest BCUT2D eigenvalue weighted by Gasteiger charge is 2.36. The molecule has 2 unspecified atom stereocenters. The Morgan fingerprint density at radius 2 is 1.05 bits per heavy atom. The first-order valence-corrected chi connectivity index (χ1v) is 8.37. The van der Waals surface area contributed by atoms with Crippen molar-refractivity contribution in [1.29, 1.82) is 0 Å². The molecule has 0 spiro atoms. The minimum atomic E-state index is -0.0286. The summed E-state index contributed by atoms with van der Waals surface area (Å²) in [4.78, 5) is 0. The fraction of sp³-hybridized carbons (Fsp3) is 1.00. The first kappa shape index (κ1) is 19.0. The first-order valence-electron chi connectivity index (χ1n) is 8.37. The third-order valence-electron chi connectivity index (χ3n) is 4.88. The summed E-state index contributed by atoms with van der Waals surface area (Å²) >= 11 is 0. The third kappa shape index (κ3) is 6.79. The van der Waals surface area contributed by atoms with Crippen molar-refractivity contribution in [1.82, 2.24) is 0 Å². The molecule has 0 aliphatic heterocycles. The van der Waals surface area contributed by atoms with Gasteiger partial charge < -0.3 is 4.74 Å². The molecule has 116 valence electrons. The van der Waals surface area contributed by atoms with Crippen LogP contribution in [0.15, 0.2) is 0 Å². The molecule has 0 aromatic heterocycles. The topological polar surface area (TPSA) is 9.23 Å². The van der Waals surface area contributed by atoms with E-state index < -0.39 is 0 Å². The Morgan fingerprint density at radius 3 is 1.32 bits per heavy atom. The summed E-state index contributed by atoms with van der Waals surface area (Å²) in [7, 11) is 0. The van der Waals surface area contributed by atoms with Crippen LogP contribution in [0.25, 0.3) is 0 Å². The number of hydrogen-bond donors (Lipinski definition) is 0. The van der Waals surface area contributed by atoms with Crippen molar-refractivity contribution >= 4 is 0 Å². The zero-order valence-corrected chi connectivity index (χ0v) is 14.8. The maximum atomic E-state index is 6.54. The standard InChI is InChI=1S/C18H38O/c1-9-11-13-15(3)17(5,6)19-18(7,8)16(4)14-12-10-2/h15-16H,9-14H2,1-8H3. The highest BCUT2D eigenvalue weighted by molar-refractivity contribution is 4.84. The van der Waals surface area contributed by atoms with Gasteiger partial charge in [0.15, 0.2) is 0 Å². The van der Waals surface area contributed by atoms with Crippen LogP contribution in [0.3, 0.4) is 0 Å². The Hall–Kier alpha value is -0.0400. The van der Waals surface area contributed by atoms with Gasteiger partial charge in [-0.1, -0.05) is 53.4 Å². The summed E-state index contributed by atoms with van der Waals surface area (Å²) in [5, 5.41) is 0. The normalized spacial score (nSPS) is 16.4. The average molecular weight is 271 g/mol. The van der Waals surface area contributed by atoms with Crippen LogP contribution in [0.2, 0.25) is 0 Å². The highest BCUT2D eigenvalue weighted by Crippen LogP contribution is 2.35. The molecule has 0 radical (unpaired) electrons. The molecule has 0 amide bonds. The highest BCUT2D eigenvalue weighted by atomic mass is 16.5. The van der Waals surface area contributed by atoms with Gasteiger partial charge in [0.05, 0.1) is 11.2 Å². The molecule has 1 nitrogen and oxygen atoms in total. The van der Waals surface area contributed by atoms with Gasteiger partial charge in [-0.15, -0.1) is 0 Å². The minimum absolute atomic E-state index is 0.0286. The summed E-state index contributed by atoms with van der Waals surface area (Å²) < 4.78 is 6.54. The van der Waals surface area contributed by atoms with Gasteiger partial charge in [0.1, 0.15) is 0 Å². The van der Waals surface area contributed by atoms with E-state index in [2.05, 4.69) is 55.4 Å². The molecule has 1 heteroatoms. The lowest BCUT2D eigenvalue weighted by Crippen LogP contribution is -2.45. The molecule has 19 heavy (non-hydrogen) atoms. The van der Waals surface area contributed by atoms with Crippen LogP contribution < -0.4 is 0 Å². The van der Waals surface area contributed by atoms with Crippen molar-refractivity contribution in [3.63, 3.8) is 0 Å². The SMILES string of the molecule is CCCCC(C)C(C)(C)OC(C)(C)C(C)CCCC. The summed E-state index contributed by atoms with van der Waals surface area (Å²) in [6.45, 7) is 18.3. The lowest BCUT2D eigenvalue weighted by molar-refractivity contribution is -0.169. The fourth-order valence-corrected chi connectivity index (χ4v) is 2.59. The quantitative estimate of drug-likeness (QED) is 0.458. The molecule has 0 rings (SSSR count). The van der Waals surface area contributed by atoms with Crippen molar-refractivity contribution in [2.45, 2.75) is 105 Å². The second kappa shape index (κ2) is 8.29. The molecule has 0 heterocycles. The van der Waals surface area contributed by atoms with Gasteiger partial charge in [-0.25, -0.2) is 0 Å². The summed E-state index contributed by atoms with van der Waals surface area (Å²) in [5.41, 5.74) is -0.0573. The van der Waals surface area contributed by atoms with Crippen molar-refractivity contribution in [2.75, 3.05) is 0 Å². The van der Waals surface area contributed by atoms with E-state index in [1.165, 1.54) is 38.5 Å². The van der Waals surface area contributed by atoms with E-state index in [0.717, 1.165) is 0 Å². The van der Waals surface area contributed by atoms with Crippen molar-refractivity contribution in [3.8, 4) is 0 Å². The first-order chi connectivity index (χ1) is 8.67. The third-order valence-corrected chi connectivity index (χ3v) is 4.88. The van der Waals surface area contributed by atoms with E-state index >= 15 is 0 Å². The minimum Gasteiger partial charge on any atom is -0.369 e. The lowest BCUT2D eigenvalue weighted by atomic mass is 9.84. The zero-order chi connectivity index (χ0) is 15.1. The maximum Gasteiger partial charge on any atom is 0.0659 e. The van der Waals surface area contributed by atoms with Gasteiger partial charge in [0, 0.05) is 0 Å². The second-order valence-corrected chi connectivity index (χ2v) is 7.40. The molecule has 0 aromatic carbocycles. The monoisotopic (exact) mass is 270 g/mol. The summed E-state index contributed by atoms with van der Waals surface area (Å²) in [6.07, 6.45) is 7.69. The van der Waals surface area contributed by atoms with E-state index in [1.807, 2.05) is 0 Å². The molecule has 0 fully saturated rings. The summed E-state index contributed by atoms with van der Waals surface area (Å²) in [5.74, 6) is 1.23. The Labute approximate surface area is 122 Å². The van der Waals surface area contributed by atoms with Crippen molar-refractivity contribution < 1.29 is 4.74 Å². The fourth-order valence-electron chi connectivity index (χ4n) is 2.59. The Bertz CT molecular complexity index is 206. The predicted octanol–water partition coefficient (Wildman–Crippen LogP) is 6.21. The van der Waals surface area contributed by atoms with E-state index in [0.29, 0.717) is 11.8 Å². The molecule has 0 aromatic rings. The maximum absolute atomic E-state index is 6.54. The van der Waals surface area contributed by atoms with Crippen molar-refractivity contribution in [2.24, 2.45) is 11.8 Å². The largest absolute Gasteiger partial charge is 0.369 e. The van der Waals surface area contributed by atoms with Gasteiger partial charge in [-0.05, 0) is 52.4 Å². The van der Waals surface area contributed by atoms with Crippen LogP contribution in [0.1, 0.15) is 93.9 Å². The molecule has 0 saturated heterocycles. The smallest absolute Gasteiger partial charge is 0.0659 e. The van der Waals surface area contributed by atoms with Crippen LogP contribution >= 0.6 is 0 Å². The Balaban J connectivity index is 4.51. The van der Waals surface area contributed by atoms with Crippen LogP contribution in [-0.4, -0.2) is 11.2 Å². The van der Waals surface area contributed by atoms with Crippen LogP contribution in [-0.2, 0) is 4.74 Å². The Kier molecular flexibility index (Phi) is 8.27. The number of hydrogen-bond acceptors (Lipinski definition) is 1. The van der Waals surface area contributed by atoms with E-state index in [-0.39, 0.29) is 11.2 Å². The van der Waals surface area contributed by atoms with Gasteiger partial charge in [-0.2, -0.15) is 0 Å². The molecule has 0 bridgehead atoms. The lowest BCUT2D eigenvalue weighted by Gasteiger charge is -2.43. The predicted molar refractivity (Wildman–Crippen MR) is 86.6 cm³/mol. The van der Waals surface area contributed by atoms with Gasteiger partial charge in [-0.3, -0.25) is 0 Å². The molecular formula is C18H38O. The van der Waals surface area contributed by atoms with Gasteiger partial charge in [0.2, 0.25) is 0 Å². The van der Waals surface area contributed by atoms with E-state index in [4.69, 9.17) is 4.74 Å². The number of rotatable bonds is 10. The molecule has 2 atom stereocenters. The Morgan fingerprint density at radius 1 is 0.737 bits per heavy atom. The van der Waals surface area contributed by atoms with Crippen LogP contribution in [0.4, 0.5) is 0 Å². The van der Waals surface area contributed by atoms with Crippen LogP contribution in [0, 0.1) is 11.8 Å². The van der Waals surface area contributed by atoms with Crippen LogP contribution in [0.5, 0.6) is 0 Å².